The quantitative estimate of drug-likeness (QED) is 0.154. The molecule has 9 heteroatoms. The normalized spacial score (nSPS) is 11.5. The van der Waals surface area contributed by atoms with Crippen molar-refractivity contribution in [3.05, 3.63) is 106 Å². The van der Waals surface area contributed by atoms with Crippen LogP contribution in [0.2, 0.25) is 5.02 Å². The summed E-state index contributed by atoms with van der Waals surface area (Å²) in [6, 6.07) is 25.5. The molecule has 0 amide bonds. The van der Waals surface area contributed by atoms with Gasteiger partial charge in [-0.3, -0.25) is 0 Å². The van der Waals surface area contributed by atoms with E-state index in [9.17, 15) is 9.90 Å². The number of carboxylic acid groups (broad SMARTS) is 1. The molecule has 0 fully saturated rings. The minimum absolute atomic E-state index is 0.0444. The Morgan fingerprint density at radius 1 is 1.00 bits per heavy atom. The molecule has 0 saturated carbocycles. The van der Waals surface area contributed by atoms with Gasteiger partial charge in [0.05, 0.1) is 12.7 Å². The van der Waals surface area contributed by atoms with Crippen LogP contribution >= 0.6 is 23.4 Å². The second-order valence-corrected chi connectivity index (χ2v) is 10.1. The van der Waals surface area contributed by atoms with E-state index in [2.05, 4.69) is 51.2 Å². The van der Waals surface area contributed by atoms with E-state index in [4.69, 9.17) is 20.8 Å². The van der Waals surface area contributed by atoms with Crippen molar-refractivity contribution in [3.63, 3.8) is 0 Å². The van der Waals surface area contributed by atoms with E-state index in [0.717, 1.165) is 45.5 Å². The zero-order valence-corrected chi connectivity index (χ0v) is 23.0. The molecule has 0 aliphatic heterocycles. The Bertz CT molecular complexity index is 1670. The third kappa shape index (κ3) is 5.62. The fraction of sp³-hybridized carbons (Fsp3) is 0.100. The molecule has 0 aliphatic carbocycles. The van der Waals surface area contributed by atoms with Gasteiger partial charge in [0.25, 0.3) is 11.1 Å². The van der Waals surface area contributed by atoms with Crippen LogP contribution in [0.15, 0.2) is 93.4 Å². The number of halogens is 1. The van der Waals surface area contributed by atoms with Gasteiger partial charge in [-0.15, -0.1) is 10.2 Å². The van der Waals surface area contributed by atoms with E-state index in [1.807, 2.05) is 38.1 Å². The van der Waals surface area contributed by atoms with Gasteiger partial charge in [0.15, 0.2) is 0 Å². The van der Waals surface area contributed by atoms with Gasteiger partial charge in [-0.25, -0.2) is 4.79 Å². The van der Waals surface area contributed by atoms with Gasteiger partial charge >= 0.3 is 5.97 Å². The van der Waals surface area contributed by atoms with E-state index in [1.165, 1.54) is 7.11 Å². The summed E-state index contributed by atoms with van der Waals surface area (Å²) in [6.45, 7) is 3.95. The van der Waals surface area contributed by atoms with Crippen LogP contribution in [-0.2, 0) is 4.79 Å². The number of thioether (sulfide) groups is 1. The molecule has 2 heterocycles. The number of aromatic nitrogens is 3. The predicted molar refractivity (Wildman–Crippen MR) is 153 cm³/mol. The standard InChI is InChI=1S/C30H24ClN3O4S/c1-18-15-22(19(2)34(18)24-12-9-21(10-13-24)20-7-5-4-6-8-20)16-27(29(35)36)39-30-33-32-28(38-30)25-17-23(31)11-14-26(25)37-3/h4-17H,1-3H3,(H,35,36)/b27-16-. The Kier molecular flexibility index (Phi) is 7.58. The SMILES string of the molecule is COc1ccc(Cl)cc1-c1nnc(S/C(=C\c2cc(C)n(-c3ccc(-c4ccccc4)cc3)c2C)C(=O)O)o1. The van der Waals surface area contributed by atoms with Crippen LogP contribution in [0.5, 0.6) is 5.75 Å². The first kappa shape index (κ1) is 26.3. The topological polar surface area (TPSA) is 90.4 Å². The number of benzene rings is 3. The zero-order chi connectivity index (χ0) is 27.5. The van der Waals surface area contributed by atoms with E-state index < -0.39 is 5.97 Å². The summed E-state index contributed by atoms with van der Waals surface area (Å²) >= 11 is 7.00. The Balaban J connectivity index is 1.42. The highest BCUT2D eigenvalue weighted by Crippen LogP contribution is 2.35. The van der Waals surface area contributed by atoms with Gasteiger partial charge in [-0.05, 0) is 84.8 Å². The lowest BCUT2D eigenvalue weighted by atomic mass is 10.1. The van der Waals surface area contributed by atoms with Crippen molar-refractivity contribution in [2.24, 2.45) is 0 Å². The monoisotopic (exact) mass is 557 g/mol. The summed E-state index contributed by atoms with van der Waals surface area (Å²) in [6.07, 6.45) is 1.62. The molecule has 196 valence electrons. The lowest BCUT2D eigenvalue weighted by Gasteiger charge is -2.11. The van der Waals surface area contributed by atoms with Crippen LogP contribution in [0.4, 0.5) is 0 Å². The molecule has 5 rings (SSSR count). The van der Waals surface area contributed by atoms with Crippen LogP contribution in [0.1, 0.15) is 17.0 Å². The van der Waals surface area contributed by atoms with Crippen molar-refractivity contribution in [1.82, 2.24) is 14.8 Å². The number of aliphatic carboxylic acids is 1. The number of nitrogens with zero attached hydrogens (tertiary/aromatic N) is 3. The maximum Gasteiger partial charge on any atom is 0.342 e. The van der Waals surface area contributed by atoms with Crippen LogP contribution in [-0.4, -0.2) is 33.0 Å². The maximum absolute atomic E-state index is 12.2. The molecule has 1 N–H and O–H groups in total. The first-order valence-electron chi connectivity index (χ1n) is 12.0. The summed E-state index contributed by atoms with van der Waals surface area (Å²) in [4.78, 5) is 12.2. The van der Waals surface area contributed by atoms with Crippen molar-refractivity contribution in [2.45, 2.75) is 19.1 Å². The third-order valence-electron chi connectivity index (χ3n) is 6.20. The number of ether oxygens (including phenoxy) is 1. The number of hydrogen-bond donors (Lipinski definition) is 1. The summed E-state index contributed by atoms with van der Waals surface area (Å²) in [5.74, 6) is -0.409. The summed E-state index contributed by atoms with van der Waals surface area (Å²) in [5.41, 5.74) is 6.46. The highest BCUT2D eigenvalue weighted by atomic mass is 35.5. The highest BCUT2D eigenvalue weighted by molar-refractivity contribution is 8.03. The lowest BCUT2D eigenvalue weighted by molar-refractivity contribution is -0.131. The van der Waals surface area contributed by atoms with E-state index in [1.54, 1.807) is 24.3 Å². The predicted octanol–water partition coefficient (Wildman–Crippen LogP) is 7.69. The lowest BCUT2D eigenvalue weighted by Crippen LogP contribution is -2.00. The van der Waals surface area contributed by atoms with Crippen molar-refractivity contribution >= 4 is 35.4 Å². The fourth-order valence-electron chi connectivity index (χ4n) is 4.34. The molecule has 0 unspecified atom stereocenters. The van der Waals surface area contributed by atoms with Gasteiger partial charge < -0.3 is 18.8 Å². The molecular formula is C30H24ClN3O4S. The molecule has 7 nitrogen and oxygen atoms in total. The number of carbonyl (C=O) groups is 1. The van der Waals surface area contributed by atoms with E-state index >= 15 is 0 Å². The minimum atomic E-state index is -1.10. The molecule has 2 aromatic heterocycles. The first-order valence-corrected chi connectivity index (χ1v) is 13.2. The number of methoxy groups -OCH3 is 1. The number of rotatable bonds is 8. The molecule has 0 bridgehead atoms. The molecule has 39 heavy (non-hydrogen) atoms. The average molecular weight is 558 g/mol. The first-order chi connectivity index (χ1) is 18.8. The fourth-order valence-corrected chi connectivity index (χ4v) is 5.18. The van der Waals surface area contributed by atoms with E-state index in [-0.39, 0.29) is 16.0 Å². The van der Waals surface area contributed by atoms with Gasteiger partial charge in [0, 0.05) is 22.1 Å². The van der Waals surface area contributed by atoms with Crippen LogP contribution in [0.3, 0.4) is 0 Å². The maximum atomic E-state index is 12.2. The molecule has 0 radical (unpaired) electrons. The van der Waals surface area contributed by atoms with Crippen molar-refractivity contribution in [2.75, 3.05) is 7.11 Å². The number of aryl methyl sites for hydroxylation is 1. The van der Waals surface area contributed by atoms with Gasteiger partial charge in [0.2, 0.25) is 0 Å². The summed E-state index contributed by atoms with van der Waals surface area (Å²) < 4.78 is 13.2. The average Bonchev–Trinajstić information content (AvgIpc) is 3.52. The molecule has 0 aliphatic rings. The zero-order valence-electron chi connectivity index (χ0n) is 21.4. The summed E-state index contributed by atoms with van der Waals surface area (Å²) in [5, 5.41) is 18.6. The van der Waals surface area contributed by atoms with Gasteiger partial charge in [0.1, 0.15) is 10.7 Å². The number of carboxylic acids is 1. The molecule has 0 spiro atoms. The van der Waals surface area contributed by atoms with Crippen molar-refractivity contribution in [1.29, 1.82) is 0 Å². The second-order valence-electron chi connectivity index (χ2n) is 8.71. The third-order valence-corrected chi connectivity index (χ3v) is 7.28. The highest BCUT2D eigenvalue weighted by Gasteiger charge is 2.19. The number of hydrogen-bond acceptors (Lipinski definition) is 6. The van der Waals surface area contributed by atoms with E-state index in [0.29, 0.717) is 16.3 Å². The molecule has 0 atom stereocenters. The smallest absolute Gasteiger partial charge is 0.342 e. The molecule has 0 saturated heterocycles. The van der Waals surface area contributed by atoms with Gasteiger partial charge in [-0.1, -0.05) is 54.1 Å². The van der Waals surface area contributed by atoms with Crippen LogP contribution < -0.4 is 4.74 Å². The Labute approximate surface area is 234 Å². The Hall–Kier alpha value is -4.27. The van der Waals surface area contributed by atoms with Crippen LogP contribution in [0.25, 0.3) is 34.3 Å². The van der Waals surface area contributed by atoms with Gasteiger partial charge in [-0.2, -0.15) is 0 Å². The second kappa shape index (κ2) is 11.2. The van der Waals surface area contributed by atoms with Crippen molar-refractivity contribution < 1.29 is 19.1 Å². The largest absolute Gasteiger partial charge is 0.496 e. The summed E-state index contributed by atoms with van der Waals surface area (Å²) in [7, 11) is 1.53. The Morgan fingerprint density at radius 3 is 2.41 bits per heavy atom. The van der Waals surface area contributed by atoms with Crippen LogP contribution in [0, 0.1) is 13.8 Å². The Morgan fingerprint density at radius 2 is 1.72 bits per heavy atom. The molecule has 3 aromatic carbocycles. The molecule has 5 aromatic rings. The van der Waals surface area contributed by atoms with Crippen molar-refractivity contribution in [3.8, 4) is 34.0 Å². The minimum Gasteiger partial charge on any atom is -0.496 e. The molecular weight excluding hydrogens is 534 g/mol.